The lowest BCUT2D eigenvalue weighted by Gasteiger charge is -2.19. The number of rotatable bonds is 15. The largest absolute Gasteiger partial charge is 0.503 e. The van der Waals surface area contributed by atoms with Gasteiger partial charge in [0.25, 0.3) is 11.8 Å². The summed E-state index contributed by atoms with van der Waals surface area (Å²) in [5, 5.41) is 18.4. The fourth-order valence-electron chi connectivity index (χ4n) is 4.18. The van der Waals surface area contributed by atoms with Gasteiger partial charge in [0.1, 0.15) is 0 Å². The van der Waals surface area contributed by atoms with Gasteiger partial charge in [-0.25, -0.2) is 0 Å². The standard InChI is InChI=1S/C27H39N5O7/c1-5-18(6-7-22(34)30-16-20-27(39)21(33)14-19(17(2)3)31(20)4)15-29-23(35)10-12-28-24(36)11-13-32-25(37)8-9-26(32)38/h8-9,14,17-18,39H,5-7,10-13,15-16H2,1-4H3,(H,28,36)(H,29,35)(H,30,34). The van der Waals surface area contributed by atoms with Crippen LogP contribution in [-0.4, -0.2) is 63.7 Å². The molecule has 0 radical (unpaired) electrons. The lowest BCUT2D eigenvalue weighted by atomic mass is 10.00. The van der Waals surface area contributed by atoms with Crippen molar-refractivity contribution < 1.29 is 29.1 Å². The monoisotopic (exact) mass is 545 g/mol. The zero-order chi connectivity index (χ0) is 29.1. The van der Waals surface area contributed by atoms with Crippen LogP contribution in [0.25, 0.3) is 0 Å². The van der Waals surface area contributed by atoms with Crippen LogP contribution in [0, 0.1) is 5.92 Å². The first-order chi connectivity index (χ1) is 18.4. The first-order valence-electron chi connectivity index (χ1n) is 13.2. The number of aromatic hydroxyl groups is 1. The highest BCUT2D eigenvalue weighted by Crippen LogP contribution is 2.19. The molecular weight excluding hydrogens is 506 g/mol. The second kappa shape index (κ2) is 14.8. The molecule has 2 rings (SSSR count). The molecule has 1 aromatic rings. The third-order valence-electron chi connectivity index (χ3n) is 6.70. The van der Waals surface area contributed by atoms with Gasteiger partial charge >= 0.3 is 0 Å². The van der Waals surface area contributed by atoms with Gasteiger partial charge in [-0.1, -0.05) is 27.2 Å². The summed E-state index contributed by atoms with van der Waals surface area (Å²) in [4.78, 5) is 72.5. The lowest BCUT2D eigenvalue weighted by molar-refractivity contribution is -0.137. The molecule has 12 nitrogen and oxygen atoms in total. The molecular formula is C27H39N5O7. The van der Waals surface area contributed by atoms with Gasteiger partial charge in [0, 0.05) is 69.9 Å². The molecule has 0 saturated heterocycles. The van der Waals surface area contributed by atoms with Gasteiger partial charge in [-0.05, 0) is 18.3 Å². The number of pyridine rings is 1. The summed E-state index contributed by atoms with van der Waals surface area (Å²) >= 11 is 0. The van der Waals surface area contributed by atoms with Crippen molar-refractivity contribution in [3.05, 3.63) is 39.8 Å². The Morgan fingerprint density at radius 3 is 2.15 bits per heavy atom. The maximum Gasteiger partial charge on any atom is 0.253 e. The molecule has 1 aliphatic heterocycles. The van der Waals surface area contributed by atoms with E-state index in [0.29, 0.717) is 18.7 Å². The van der Waals surface area contributed by atoms with Crippen LogP contribution >= 0.6 is 0 Å². The van der Waals surface area contributed by atoms with E-state index in [1.165, 1.54) is 6.07 Å². The number of nitrogens with one attached hydrogen (secondary N) is 3. The summed E-state index contributed by atoms with van der Waals surface area (Å²) in [7, 11) is 1.74. The molecule has 1 aromatic heterocycles. The Labute approximate surface area is 227 Å². The predicted molar refractivity (Wildman–Crippen MR) is 143 cm³/mol. The summed E-state index contributed by atoms with van der Waals surface area (Å²) < 4.78 is 1.72. The molecule has 4 N–H and O–H groups in total. The smallest absolute Gasteiger partial charge is 0.253 e. The Bertz CT molecular complexity index is 1150. The molecule has 5 amide bonds. The van der Waals surface area contributed by atoms with Gasteiger partial charge in [-0.15, -0.1) is 0 Å². The minimum absolute atomic E-state index is 0.0158. The second-order valence-corrected chi connectivity index (χ2v) is 9.85. The van der Waals surface area contributed by atoms with E-state index in [0.717, 1.165) is 29.2 Å². The second-order valence-electron chi connectivity index (χ2n) is 9.85. The SMILES string of the molecule is CCC(CCC(=O)NCc1c(O)c(=O)cc(C(C)C)n1C)CNC(=O)CCNC(=O)CCN1C(=O)C=CC1=O. The summed E-state index contributed by atoms with van der Waals surface area (Å²) in [5.41, 5.74) is 0.631. The van der Waals surface area contributed by atoms with Crippen molar-refractivity contribution in [2.75, 3.05) is 19.6 Å². The van der Waals surface area contributed by atoms with Crippen LogP contribution in [-0.2, 0) is 37.6 Å². The van der Waals surface area contributed by atoms with E-state index in [4.69, 9.17) is 0 Å². The molecule has 0 spiro atoms. The Kier molecular flexibility index (Phi) is 11.9. The Balaban J connectivity index is 1.67. The molecule has 0 bridgehead atoms. The van der Waals surface area contributed by atoms with Crippen molar-refractivity contribution in [2.45, 2.75) is 65.3 Å². The van der Waals surface area contributed by atoms with Gasteiger partial charge in [0.2, 0.25) is 23.2 Å². The number of hydrogen-bond acceptors (Lipinski definition) is 7. The molecule has 0 aliphatic carbocycles. The van der Waals surface area contributed by atoms with Crippen LogP contribution in [0.5, 0.6) is 5.75 Å². The minimum Gasteiger partial charge on any atom is -0.503 e. The predicted octanol–water partition coefficient (Wildman–Crippen LogP) is 0.575. The van der Waals surface area contributed by atoms with Crippen LogP contribution in [0.4, 0.5) is 0 Å². The fourth-order valence-corrected chi connectivity index (χ4v) is 4.18. The van der Waals surface area contributed by atoms with Crippen LogP contribution in [0.3, 0.4) is 0 Å². The molecule has 12 heteroatoms. The van der Waals surface area contributed by atoms with Crippen LogP contribution in [0.2, 0.25) is 0 Å². The number of carbonyl (C=O) groups excluding carboxylic acids is 5. The van der Waals surface area contributed by atoms with Crippen molar-refractivity contribution in [1.82, 2.24) is 25.4 Å². The molecule has 1 unspecified atom stereocenters. The maximum absolute atomic E-state index is 12.4. The molecule has 2 heterocycles. The summed E-state index contributed by atoms with van der Waals surface area (Å²) in [6, 6.07) is 1.40. The molecule has 1 aliphatic rings. The topological polar surface area (TPSA) is 167 Å². The van der Waals surface area contributed by atoms with Gasteiger partial charge in [0.05, 0.1) is 12.2 Å². The highest BCUT2D eigenvalue weighted by molar-refractivity contribution is 6.13. The summed E-state index contributed by atoms with van der Waals surface area (Å²) in [6.45, 7) is 6.36. The molecule has 0 saturated carbocycles. The minimum atomic E-state index is -0.477. The number of imide groups is 1. The van der Waals surface area contributed by atoms with Crippen LogP contribution < -0.4 is 21.4 Å². The number of aromatic nitrogens is 1. The van der Waals surface area contributed by atoms with E-state index in [1.807, 2.05) is 20.8 Å². The first-order valence-corrected chi connectivity index (χ1v) is 13.2. The van der Waals surface area contributed by atoms with Gasteiger partial charge < -0.3 is 25.6 Å². The third-order valence-corrected chi connectivity index (χ3v) is 6.70. The molecule has 0 fully saturated rings. The Hall–Kier alpha value is -3.96. The highest BCUT2D eigenvalue weighted by atomic mass is 16.3. The third kappa shape index (κ3) is 9.38. The Morgan fingerprint density at radius 2 is 1.54 bits per heavy atom. The van der Waals surface area contributed by atoms with E-state index in [1.54, 1.807) is 11.6 Å². The molecule has 39 heavy (non-hydrogen) atoms. The lowest BCUT2D eigenvalue weighted by Crippen LogP contribution is -2.36. The van der Waals surface area contributed by atoms with Crippen LogP contribution in [0.15, 0.2) is 23.0 Å². The average molecular weight is 546 g/mol. The van der Waals surface area contributed by atoms with Gasteiger partial charge in [-0.2, -0.15) is 0 Å². The number of amides is 5. The van der Waals surface area contributed by atoms with E-state index in [2.05, 4.69) is 16.0 Å². The zero-order valence-electron chi connectivity index (χ0n) is 23.0. The Morgan fingerprint density at radius 1 is 0.923 bits per heavy atom. The van der Waals surface area contributed by atoms with Crippen LogP contribution in [0.1, 0.15) is 70.2 Å². The number of nitrogens with zero attached hydrogens (tertiary/aromatic N) is 2. The normalized spacial score (nSPS) is 13.6. The zero-order valence-corrected chi connectivity index (χ0v) is 23.0. The summed E-state index contributed by atoms with van der Waals surface area (Å²) in [6.07, 6.45) is 3.86. The van der Waals surface area contributed by atoms with E-state index in [9.17, 15) is 33.9 Å². The van der Waals surface area contributed by atoms with Crippen molar-refractivity contribution in [3.8, 4) is 5.75 Å². The maximum atomic E-state index is 12.4. The van der Waals surface area contributed by atoms with Crippen molar-refractivity contribution >= 4 is 29.5 Å². The van der Waals surface area contributed by atoms with Crippen molar-refractivity contribution in [2.24, 2.45) is 13.0 Å². The first kappa shape index (κ1) is 31.3. The van der Waals surface area contributed by atoms with Crippen molar-refractivity contribution in [3.63, 3.8) is 0 Å². The van der Waals surface area contributed by atoms with E-state index >= 15 is 0 Å². The number of carbonyl (C=O) groups is 5. The fraction of sp³-hybridized carbons (Fsp3) is 0.556. The highest BCUT2D eigenvalue weighted by Gasteiger charge is 2.23. The summed E-state index contributed by atoms with van der Waals surface area (Å²) in [5.74, 6) is -1.95. The number of hydrogen-bond donors (Lipinski definition) is 4. The molecule has 214 valence electrons. The van der Waals surface area contributed by atoms with Gasteiger partial charge in [0.15, 0.2) is 5.75 Å². The van der Waals surface area contributed by atoms with Gasteiger partial charge in [-0.3, -0.25) is 33.7 Å². The quantitative estimate of drug-likeness (QED) is 0.234. The van der Waals surface area contributed by atoms with E-state index in [-0.39, 0.29) is 74.2 Å². The average Bonchev–Trinajstić information content (AvgIpc) is 3.21. The molecule has 1 atom stereocenters. The van der Waals surface area contributed by atoms with Crippen molar-refractivity contribution in [1.29, 1.82) is 0 Å². The van der Waals surface area contributed by atoms with E-state index < -0.39 is 17.2 Å². The molecule has 0 aromatic carbocycles.